The van der Waals surface area contributed by atoms with E-state index in [1.165, 1.54) is 6.42 Å². The van der Waals surface area contributed by atoms with Gasteiger partial charge in [-0.2, -0.15) is 5.26 Å². The fourth-order valence-electron chi connectivity index (χ4n) is 4.31. The first-order chi connectivity index (χ1) is 17.8. The van der Waals surface area contributed by atoms with Crippen LogP contribution >= 0.6 is 0 Å². The summed E-state index contributed by atoms with van der Waals surface area (Å²) in [5, 5.41) is 18.7. The van der Waals surface area contributed by atoms with E-state index in [1.54, 1.807) is 0 Å². The van der Waals surface area contributed by atoms with Gasteiger partial charge in [-0.05, 0) is 47.7 Å². The van der Waals surface area contributed by atoms with Crippen LogP contribution < -0.4 is 9.47 Å². The predicted molar refractivity (Wildman–Crippen MR) is 139 cm³/mol. The van der Waals surface area contributed by atoms with E-state index < -0.39 is 0 Å². The van der Waals surface area contributed by atoms with Crippen molar-refractivity contribution in [2.24, 2.45) is 0 Å². The third kappa shape index (κ3) is 5.64. The van der Waals surface area contributed by atoms with Crippen molar-refractivity contribution in [2.75, 3.05) is 0 Å². The van der Waals surface area contributed by atoms with Gasteiger partial charge in [0.05, 0.1) is 5.57 Å². The average molecular weight is 477 g/mol. The predicted octanol–water partition coefficient (Wildman–Crippen LogP) is 6.23. The van der Waals surface area contributed by atoms with Crippen LogP contribution in [0.2, 0.25) is 0 Å². The smallest absolute Gasteiger partial charge is 0.174 e. The van der Waals surface area contributed by atoms with Crippen molar-refractivity contribution < 1.29 is 9.47 Å². The van der Waals surface area contributed by atoms with Gasteiger partial charge in [0.25, 0.3) is 0 Å². The minimum absolute atomic E-state index is 0.415. The van der Waals surface area contributed by atoms with Crippen LogP contribution in [0.1, 0.15) is 47.6 Å². The van der Waals surface area contributed by atoms with Crippen LogP contribution in [0.15, 0.2) is 78.9 Å². The highest BCUT2D eigenvalue weighted by molar-refractivity contribution is 5.87. The summed E-state index contributed by atoms with van der Waals surface area (Å²) in [6.45, 7) is 1.69. The molecule has 0 saturated heterocycles. The zero-order valence-corrected chi connectivity index (χ0v) is 20.1. The molecule has 1 aromatic heterocycles. The normalized spacial score (nSPS) is 13.4. The third-order valence-electron chi connectivity index (χ3n) is 6.22. The Morgan fingerprint density at radius 2 is 1.53 bits per heavy atom. The van der Waals surface area contributed by atoms with Crippen molar-refractivity contribution in [2.45, 2.75) is 45.4 Å². The van der Waals surface area contributed by atoms with Gasteiger partial charge in [0.15, 0.2) is 17.3 Å². The molecule has 0 atom stereocenters. The Balaban J connectivity index is 1.43. The van der Waals surface area contributed by atoms with Gasteiger partial charge in [-0.3, -0.25) is 0 Å². The summed E-state index contributed by atoms with van der Waals surface area (Å²) < 4.78 is 14.4. The lowest BCUT2D eigenvalue weighted by Crippen LogP contribution is -2.05. The highest BCUT2D eigenvalue weighted by atomic mass is 16.5. The van der Waals surface area contributed by atoms with E-state index in [0.717, 1.165) is 48.3 Å². The van der Waals surface area contributed by atoms with Gasteiger partial charge in [-0.25, -0.2) is 0 Å². The molecule has 0 N–H and O–H groups in total. The molecule has 5 rings (SSSR count). The Morgan fingerprint density at radius 1 is 0.833 bits per heavy atom. The molecule has 180 valence electrons. The molecule has 0 spiro atoms. The molecular formula is C30H28N4O2. The number of nitriles is 1. The van der Waals surface area contributed by atoms with Crippen molar-refractivity contribution in [3.05, 3.63) is 107 Å². The molecule has 0 amide bonds. The topological polar surface area (TPSA) is 73.0 Å². The standard InChI is InChI=1S/C30H28N4O2/c31-20-26(30-33-32-29-14-8-3-9-17-34(29)30)18-25-15-16-27(35-21-23-10-4-1-5-11-23)28(19-25)36-22-24-12-6-2-7-13-24/h1-2,4-7,10-13,15-16,18-19H,3,8-9,14,17,21-22H2. The van der Waals surface area contributed by atoms with Crippen LogP contribution in [0.5, 0.6) is 11.5 Å². The number of aryl methyl sites for hydroxylation is 1. The zero-order valence-electron chi connectivity index (χ0n) is 20.1. The van der Waals surface area contributed by atoms with Crippen LogP contribution in [0.4, 0.5) is 0 Å². The van der Waals surface area contributed by atoms with E-state index >= 15 is 0 Å². The number of nitrogens with zero attached hydrogens (tertiary/aromatic N) is 4. The Labute approximate surface area is 211 Å². The van der Waals surface area contributed by atoms with E-state index in [1.807, 2.05) is 84.9 Å². The maximum atomic E-state index is 9.96. The van der Waals surface area contributed by atoms with Crippen LogP contribution in [0, 0.1) is 11.3 Å². The van der Waals surface area contributed by atoms with Gasteiger partial charge in [-0.1, -0.05) is 73.2 Å². The second-order valence-corrected chi connectivity index (χ2v) is 8.83. The highest BCUT2D eigenvalue weighted by Gasteiger charge is 2.18. The molecule has 2 heterocycles. The molecule has 6 nitrogen and oxygen atoms in total. The first-order valence-electron chi connectivity index (χ1n) is 12.3. The van der Waals surface area contributed by atoms with E-state index in [9.17, 15) is 5.26 Å². The van der Waals surface area contributed by atoms with E-state index in [-0.39, 0.29) is 0 Å². The molecule has 1 aliphatic heterocycles. The van der Waals surface area contributed by atoms with Crippen LogP contribution in [-0.2, 0) is 26.2 Å². The first kappa shape index (κ1) is 23.4. The number of rotatable bonds is 8. The van der Waals surface area contributed by atoms with Gasteiger partial charge in [0.1, 0.15) is 25.1 Å². The Kier molecular flexibility index (Phi) is 7.38. The molecule has 0 aliphatic carbocycles. The molecule has 1 aliphatic rings. The molecule has 3 aromatic carbocycles. The van der Waals surface area contributed by atoms with Gasteiger partial charge in [0, 0.05) is 13.0 Å². The third-order valence-corrected chi connectivity index (χ3v) is 6.22. The summed E-state index contributed by atoms with van der Waals surface area (Å²) in [5.41, 5.74) is 3.47. The number of hydrogen-bond acceptors (Lipinski definition) is 5. The summed E-state index contributed by atoms with van der Waals surface area (Å²) in [4.78, 5) is 0. The van der Waals surface area contributed by atoms with Gasteiger partial charge in [0.2, 0.25) is 0 Å². The van der Waals surface area contributed by atoms with Gasteiger partial charge < -0.3 is 14.0 Å². The SMILES string of the molecule is N#CC(=Cc1ccc(OCc2ccccc2)c(OCc2ccccc2)c1)c1nnc2n1CCCCC2. The fraction of sp³-hybridized carbons (Fsp3) is 0.233. The number of hydrogen-bond donors (Lipinski definition) is 0. The van der Waals surface area contributed by atoms with Crippen LogP contribution in [0.25, 0.3) is 11.6 Å². The number of fused-ring (bicyclic) bond motifs is 1. The largest absolute Gasteiger partial charge is 0.485 e. The molecule has 0 saturated carbocycles. The molecule has 4 aromatic rings. The molecule has 0 unspecified atom stereocenters. The lowest BCUT2D eigenvalue weighted by atomic mass is 10.1. The number of aromatic nitrogens is 3. The molecule has 0 radical (unpaired) electrons. The zero-order chi connectivity index (χ0) is 24.6. The molecule has 6 heteroatoms. The molecule has 0 bridgehead atoms. The summed E-state index contributed by atoms with van der Waals surface area (Å²) in [5.74, 6) is 2.87. The van der Waals surface area contributed by atoms with Crippen molar-refractivity contribution >= 4 is 11.6 Å². The summed E-state index contributed by atoms with van der Waals surface area (Å²) in [6, 6.07) is 28.1. The number of benzene rings is 3. The summed E-state index contributed by atoms with van der Waals surface area (Å²) in [6.07, 6.45) is 6.09. The summed E-state index contributed by atoms with van der Waals surface area (Å²) >= 11 is 0. The van der Waals surface area contributed by atoms with Gasteiger partial charge >= 0.3 is 0 Å². The van der Waals surface area contributed by atoms with E-state index in [4.69, 9.17) is 9.47 Å². The minimum Gasteiger partial charge on any atom is -0.485 e. The van der Waals surface area contributed by atoms with Crippen molar-refractivity contribution in [3.8, 4) is 17.6 Å². The minimum atomic E-state index is 0.415. The number of ether oxygens (including phenoxy) is 2. The van der Waals surface area contributed by atoms with Crippen LogP contribution in [-0.4, -0.2) is 14.8 Å². The monoisotopic (exact) mass is 476 g/mol. The Morgan fingerprint density at radius 3 is 2.22 bits per heavy atom. The van der Waals surface area contributed by atoms with Gasteiger partial charge in [-0.15, -0.1) is 10.2 Å². The van der Waals surface area contributed by atoms with E-state index in [2.05, 4.69) is 20.8 Å². The van der Waals surface area contributed by atoms with Crippen molar-refractivity contribution in [1.29, 1.82) is 5.26 Å². The molecular weight excluding hydrogens is 448 g/mol. The molecule has 36 heavy (non-hydrogen) atoms. The second-order valence-electron chi connectivity index (χ2n) is 8.83. The van der Waals surface area contributed by atoms with Crippen molar-refractivity contribution in [1.82, 2.24) is 14.8 Å². The van der Waals surface area contributed by atoms with Crippen LogP contribution in [0.3, 0.4) is 0 Å². The Bertz CT molecular complexity index is 1370. The average Bonchev–Trinajstić information content (AvgIpc) is 3.18. The summed E-state index contributed by atoms with van der Waals surface area (Å²) in [7, 11) is 0. The van der Waals surface area contributed by atoms with Crippen molar-refractivity contribution in [3.63, 3.8) is 0 Å². The number of allylic oxidation sites excluding steroid dienone is 1. The Hall–Kier alpha value is -4.37. The molecule has 0 fully saturated rings. The second kappa shape index (κ2) is 11.4. The lowest BCUT2D eigenvalue weighted by Gasteiger charge is -2.14. The lowest BCUT2D eigenvalue weighted by molar-refractivity contribution is 0.256. The first-order valence-corrected chi connectivity index (χ1v) is 12.3. The fourth-order valence-corrected chi connectivity index (χ4v) is 4.31. The maximum absolute atomic E-state index is 9.96. The van der Waals surface area contributed by atoms with E-state index in [0.29, 0.717) is 36.1 Å². The quantitative estimate of drug-likeness (QED) is 0.282. The highest BCUT2D eigenvalue weighted by Crippen LogP contribution is 2.32. The maximum Gasteiger partial charge on any atom is 0.174 e.